The van der Waals surface area contributed by atoms with Crippen molar-refractivity contribution in [1.82, 2.24) is 20.1 Å². The van der Waals surface area contributed by atoms with Gasteiger partial charge in [-0.15, -0.1) is 10.2 Å². The number of aromatic nitrogens is 3. The lowest BCUT2D eigenvalue weighted by molar-refractivity contribution is -0.117. The van der Waals surface area contributed by atoms with Crippen LogP contribution in [0.15, 0.2) is 28.0 Å². The van der Waals surface area contributed by atoms with Crippen molar-refractivity contribution in [2.75, 3.05) is 5.75 Å². The molecule has 128 valence electrons. The predicted octanol–water partition coefficient (Wildman–Crippen LogP) is 2.50. The van der Waals surface area contributed by atoms with Gasteiger partial charge in [0.1, 0.15) is 5.69 Å². The van der Waals surface area contributed by atoms with Crippen molar-refractivity contribution < 1.29 is 14.0 Å². The minimum atomic E-state index is -0.415. The Bertz CT molecular complexity index is 718. The minimum Gasteiger partial charge on any atom is -0.416 e. The first kappa shape index (κ1) is 16.8. The number of carbonyl (C=O) groups is 2. The number of carbonyl (C=O) groups excluding carboxylic acids is 2. The van der Waals surface area contributed by atoms with E-state index in [2.05, 4.69) is 15.5 Å². The van der Waals surface area contributed by atoms with Crippen molar-refractivity contribution in [3.05, 3.63) is 29.9 Å². The molecule has 0 unspecified atom stereocenters. The van der Waals surface area contributed by atoms with Crippen LogP contribution in [0.4, 0.5) is 0 Å². The smallest absolute Gasteiger partial charge is 0.277 e. The molecule has 1 aliphatic rings. The van der Waals surface area contributed by atoms with Crippen LogP contribution < -0.4 is 5.32 Å². The van der Waals surface area contributed by atoms with E-state index >= 15 is 0 Å². The highest BCUT2D eigenvalue weighted by Gasteiger charge is 2.22. The Balaban J connectivity index is 1.48. The number of hydrogen-bond acceptors (Lipinski definition) is 6. The number of nitrogens with one attached hydrogen (secondary N) is 1. The van der Waals surface area contributed by atoms with Crippen molar-refractivity contribution in [3.8, 4) is 0 Å². The number of hydrogen-bond donors (Lipinski definition) is 1. The molecule has 1 N–H and O–H groups in total. The number of rotatable bonds is 5. The molecule has 24 heavy (non-hydrogen) atoms. The van der Waals surface area contributed by atoms with Crippen molar-refractivity contribution in [2.45, 2.75) is 43.2 Å². The van der Waals surface area contributed by atoms with E-state index in [9.17, 15) is 9.59 Å². The molecule has 0 aromatic carbocycles. The molecule has 1 aliphatic carbocycles. The molecule has 0 bridgehead atoms. The Kier molecular flexibility index (Phi) is 5.34. The molecule has 0 aliphatic heterocycles. The van der Waals surface area contributed by atoms with E-state index in [1.54, 1.807) is 29.9 Å². The first-order valence-electron chi connectivity index (χ1n) is 8.05. The van der Waals surface area contributed by atoms with E-state index in [0.29, 0.717) is 22.7 Å². The van der Waals surface area contributed by atoms with E-state index in [4.69, 9.17) is 4.42 Å². The summed E-state index contributed by atoms with van der Waals surface area (Å²) in [5, 5.41) is 10.8. The summed E-state index contributed by atoms with van der Waals surface area (Å²) in [6.45, 7) is 0. The van der Waals surface area contributed by atoms with Crippen LogP contribution in [0.5, 0.6) is 0 Å². The molecule has 1 fully saturated rings. The number of thioether (sulfide) groups is 1. The van der Waals surface area contributed by atoms with Gasteiger partial charge in [0.25, 0.3) is 11.1 Å². The van der Waals surface area contributed by atoms with E-state index in [1.807, 2.05) is 0 Å². The predicted molar refractivity (Wildman–Crippen MR) is 88.7 cm³/mol. The molecule has 8 heteroatoms. The molecule has 1 saturated carbocycles. The molecule has 2 amide bonds. The highest BCUT2D eigenvalue weighted by atomic mass is 32.2. The minimum absolute atomic E-state index is 0.0580. The fraction of sp³-hybridized carbons (Fsp3) is 0.500. The maximum Gasteiger partial charge on any atom is 0.277 e. The molecular formula is C16H20N4O3S. The molecule has 2 heterocycles. The Morgan fingerprint density at radius 2 is 2.12 bits per heavy atom. The SMILES string of the molecule is Cn1cccc1C(=O)NC(=O)CSc1nnc(C2CCCCC2)o1. The summed E-state index contributed by atoms with van der Waals surface area (Å²) in [6, 6.07) is 3.41. The summed E-state index contributed by atoms with van der Waals surface area (Å²) in [5.74, 6) is 0.263. The van der Waals surface area contributed by atoms with Gasteiger partial charge in [-0.25, -0.2) is 0 Å². The monoisotopic (exact) mass is 348 g/mol. The van der Waals surface area contributed by atoms with Crippen LogP contribution in [0.2, 0.25) is 0 Å². The zero-order valence-electron chi connectivity index (χ0n) is 13.5. The molecular weight excluding hydrogens is 328 g/mol. The van der Waals surface area contributed by atoms with Gasteiger partial charge >= 0.3 is 0 Å². The van der Waals surface area contributed by atoms with Crippen LogP contribution in [0.25, 0.3) is 0 Å². The van der Waals surface area contributed by atoms with Crippen molar-refractivity contribution in [3.63, 3.8) is 0 Å². The Morgan fingerprint density at radius 1 is 1.33 bits per heavy atom. The van der Waals surface area contributed by atoms with Crippen LogP contribution in [0, 0.1) is 0 Å². The zero-order valence-corrected chi connectivity index (χ0v) is 14.3. The lowest BCUT2D eigenvalue weighted by atomic mass is 9.89. The Morgan fingerprint density at radius 3 is 2.83 bits per heavy atom. The molecule has 0 atom stereocenters. The first-order valence-corrected chi connectivity index (χ1v) is 9.04. The van der Waals surface area contributed by atoms with Crippen LogP contribution in [-0.4, -0.2) is 32.3 Å². The Hall–Kier alpha value is -2.09. The third-order valence-electron chi connectivity index (χ3n) is 4.13. The molecule has 0 spiro atoms. The lowest BCUT2D eigenvalue weighted by Gasteiger charge is -2.17. The summed E-state index contributed by atoms with van der Waals surface area (Å²) in [7, 11) is 1.75. The fourth-order valence-corrected chi connectivity index (χ4v) is 3.41. The average Bonchev–Trinajstić information content (AvgIpc) is 3.22. The van der Waals surface area contributed by atoms with Gasteiger partial charge in [-0.05, 0) is 25.0 Å². The molecule has 7 nitrogen and oxygen atoms in total. The van der Waals surface area contributed by atoms with E-state index in [0.717, 1.165) is 24.6 Å². The van der Waals surface area contributed by atoms with Gasteiger partial charge in [0.15, 0.2) is 0 Å². The van der Waals surface area contributed by atoms with Gasteiger partial charge < -0.3 is 8.98 Å². The zero-order chi connectivity index (χ0) is 16.9. The highest BCUT2D eigenvalue weighted by Crippen LogP contribution is 2.32. The van der Waals surface area contributed by atoms with Crippen LogP contribution >= 0.6 is 11.8 Å². The van der Waals surface area contributed by atoms with E-state index < -0.39 is 5.91 Å². The second-order valence-corrected chi connectivity index (χ2v) is 6.84. The Labute approximate surface area is 144 Å². The second-order valence-electron chi connectivity index (χ2n) is 5.91. The highest BCUT2D eigenvalue weighted by molar-refractivity contribution is 7.99. The van der Waals surface area contributed by atoms with Gasteiger partial charge in [-0.3, -0.25) is 14.9 Å². The molecule has 2 aromatic heterocycles. The van der Waals surface area contributed by atoms with Crippen LogP contribution in [0.3, 0.4) is 0 Å². The topological polar surface area (TPSA) is 90.0 Å². The van der Waals surface area contributed by atoms with E-state index in [1.165, 1.54) is 19.3 Å². The van der Waals surface area contributed by atoms with E-state index in [-0.39, 0.29) is 11.7 Å². The summed E-state index contributed by atoms with van der Waals surface area (Å²) in [6.07, 6.45) is 7.56. The molecule has 3 rings (SSSR count). The summed E-state index contributed by atoms with van der Waals surface area (Å²) >= 11 is 1.15. The molecule has 2 aromatic rings. The number of nitrogens with zero attached hydrogens (tertiary/aromatic N) is 3. The quantitative estimate of drug-likeness (QED) is 0.835. The van der Waals surface area contributed by atoms with Gasteiger partial charge in [-0.1, -0.05) is 31.0 Å². The average molecular weight is 348 g/mol. The first-order chi connectivity index (χ1) is 11.6. The second kappa shape index (κ2) is 7.65. The van der Waals surface area contributed by atoms with Crippen molar-refractivity contribution in [1.29, 1.82) is 0 Å². The number of amides is 2. The number of aryl methyl sites for hydroxylation is 1. The molecule has 0 radical (unpaired) electrons. The van der Waals surface area contributed by atoms with Gasteiger partial charge in [0, 0.05) is 19.2 Å². The normalized spacial score (nSPS) is 15.4. The fourth-order valence-electron chi connectivity index (χ4n) is 2.84. The largest absolute Gasteiger partial charge is 0.416 e. The number of imide groups is 1. The van der Waals surface area contributed by atoms with Crippen molar-refractivity contribution in [2.24, 2.45) is 7.05 Å². The maximum atomic E-state index is 11.9. The third kappa shape index (κ3) is 4.05. The third-order valence-corrected chi connectivity index (χ3v) is 4.95. The lowest BCUT2D eigenvalue weighted by Crippen LogP contribution is -2.32. The summed E-state index contributed by atoms with van der Waals surface area (Å²) in [4.78, 5) is 23.8. The van der Waals surface area contributed by atoms with Crippen molar-refractivity contribution >= 4 is 23.6 Å². The maximum absolute atomic E-state index is 11.9. The standard InChI is InChI=1S/C16H20N4O3S/c1-20-9-5-8-12(20)14(22)17-13(21)10-24-16-19-18-15(23-16)11-6-3-2-4-7-11/h5,8-9,11H,2-4,6-7,10H2,1H3,(H,17,21,22). The summed E-state index contributed by atoms with van der Waals surface area (Å²) in [5.41, 5.74) is 0.436. The van der Waals surface area contributed by atoms with Gasteiger partial charge in [0.05, 0.1) is 5.75 Å². The molecule has 0 saturated heterocycles. The van der Waals surface area contributed by atoms with Crippen LogP contribution in [0.1, 0.15) is 54.4 Å². The van der Waals surface area contributed by atoms with Gasteiger partial charge in [0.2, 0.25) is 11.8 Å². The van der Waals surface area contributed by atoms with Crippen LogP contribution in [-0.2, 0) is 11.8 Å². The summed E-state index contributed by atoms with van der Waals surface area (Å²) < 4.78 is 7.30. The van der Waals surface area contributed by atoms with Gasteiger partial charge in [-0.2, -0.15) is 0 Å².